The Kier molecular flexibility index (Phi) is 8.53. The maximum absolute atomic E-state index is 10.6. The SMILES string of the molecule is OC[C@H]1O[C@@](CO)(OC[C@@]2(OC[C@H]3O[C@](O)(CO)[C@@H](O)[C@@H]3O)O[C@H](CO)[C@@H](O)[C@@H]2O)[C@@H](O)[C@@H]1O. The van der Waals surface area contributed by atoms with Gasteiger partial charge in [0.1, 0.15) is 68.1 Å². The fourth-order valence-corrected chi connectivity index (χ4v) is 4.17. The maximum atomic E-state index is 10.6. The molecule has 0 bridgehead atoms. The molecule has 0 saturated carbocycles. The Labute approximate surface area is 192 Å². The van der Waals surface area contributed by atoms with Gasteiger partial charge in [-0.15, -0.1) is 0 Å². The van der Waals surface area contributed by atoms with Crippen molar-refractivity contribution in [3.63, 3.8) is 0 Å². The van der Waals surface area contributed by atoms with Crippen LogP contribution in [-0.4, -0.2) is 168 Å². The highest BCUT2D eigenvalue weighted by molar-refractivity contribution is 5.01. The molecule has 3 aliphatic heterocycles. The van der Waals surface area contributed by atoms with E-state index in [-0.39, 0.29) is 0 Å². The molecule has 0 unspecified atom stereocenters. The third kappa shape index (κ3) is 4.59. The van der Waals surface area contributed by atoms with Gasteiger partial charge in [0.2, 0.25) is 17.4 Å². The molecule has 0 amide bonds. The van der Waals surface area contributed by atoms with Gasteiger partial charge in [-0.25, -0.2) is 0 Å². The summed E-state index contributed by atoms with van der Waals surface area (Å²) in [7, 11) is 0. The Morgan fingerprint density at radius 2 is 1.09 bits per heavy atom. The van der Waals surface area contributed by atoms with Crippen LogP contribution in [-0.2, 0) is 23.7 Å². The van der Waals surface area contributed by atoms with Gasteiger partial charge >= 0.3 is 0 Å². The molecule has 3 rings (SSSR count). The third-order valence-corrected chi connectivity index (χ3v) is 6.35. The van der Waals surface area contributed by atoms with Crippen LogP contribution in [0.25, 0.3) is 0 Å². The third-order valence-electron chi connectivity index (χ3n) is 6.35. The van der Waals surface area contributed by atoms with Crippen molar-refractivity contribution in [3.05, 3.63) is 0 Å². The predicted molar refractivity (Wildman–Crippen MR) is 101 cm³/mol. The Morgan fingerprint density at radius 3 is 1.53 bits per heavy atom. The fourth-order valence-electron chi connectivity index (χ4n) is 4.17. The zero-order valence-electron chi connectivity index (χ0n) is 17.9. The van der Waals surface area contributed by atoms with Gasteiger partial charge in [-0.1, -0.05) is 0 Å². The number of rotatable bonds is 10. The average Bonchev–Trinajstić information content (AvgIpc) is 3.33. The van der Waals surface area contributed by atoms with E-state index in [0.29, 0.717) is 0 Å². The lowest BCUT2D eigenvalue weighted by Gasteiger charge is -2.37. The highest BCUT2D eigenvalue weighted by Gasteiger charge is 2.61. The van der Waals surface area contributed by atoms with Crippen LogP contribution in [0.4, 0.5) is 0 Å². The molecule has 3 aliphatic rings. The van der Waals surface area contributed by atoms with Crippen LogP contribution in [0.15, 0.2) is 0 Å². The molecule has 3 heterocycles. The highest BCUT2D eigenvalue weighted by Crippen LogP contribution is 2.39. The van der Waals surface area contributed by atoms with E-state index < -0.39 is 112 Å². The predicted octanol–water partition coefficient (Wildman–Crippen LogP) is -7.57. The van der Waals surface area contributed by atoms with E-state index >= 15 is 0 Å². The lowest BCUT2D eigenvalue weighted by atomic mass is 10.0. The molecular weight excluding hydrogens is 472 g/mol. The van der Waals surface area contributed by atoms with Crippen molar-refractivity contribution in [3.8, 4) is 0 Å². The van der Waals surface area contributed by atoms with Crippen LogP contribution < -0.4 is 0 Å². The van der Waals surface area contributed by atoms with Gasteiger partial charge in [0.05, 0.1) is 26.4 Å². The molecule has 3 fully saturated rings. The van der Waals surface area contributed by atoms with Crippen molar-refractivity contribution in [2.24, 2.45) is 0 Å². The van der Waals surface area contributed by atoms with Crippen molar-refractivity contribution < 1.29 is 79.9 Å². The van der Waals surface area contributed by atoms with Crippen LogP contribution in [0.1, 0.15) is 0 Å². The first-order valence-corrected chi connectivity index (χ1v) is 10.5. The molecule has 200 valence electrons. The topological polar surface area (TPSA) is 269 Å². The molecule has 0 aromatic carbocycles. The molecule has 11 N–H and O–H groups in total. The van der Waals surface area contributed by atoms with Gasteiger partial charge in [0.25, 0.3) is 0 Å². The van der Waals surface area contributed by atoms with E-state index in [0.717, 1.165) is 0 Å². The standard InChI is InChI=1S/C18H32O16/c19-1-7-10(23)14(27)17(5-22,33-7)31-6-18(15(28)11(24)8(2-20)34-18)30-3-9-12(25)13(26)16(29,4-21)32-9/h7-15,19-29H,1-6H2/t7-,8-,9-,10-,11-,12-,13+,14+,15+,16-,17-,18-/m1/s1. The molecule has 3 saturated heterocycles. The number of aliphatic hydroxyl groups excluding tert-OH is 10. The van der Waals surface area contributed by atoms with E-state index in [1.165, 1.54) is 0 Å². The van der Waals surface area contributed by atoms with Gasteiger partial charge in [-0.05, 0) is 0 Å². The molecule has 16 nitrogen and oxygen atoms in total. The molecule has 0 aromatic heterocycles. The summed E-state index contributed by atoms with van der Waals surface area (Å²) in [5.41, 5.74) is 0. The summed E-state index contributed by atoms with van der Waals surface area (Å²) >= 11 is 0. The zero-order valence-corrected chi connectivity index (χ0v) is 17.9. The largest absolute Gasteiger partial charge is 0.394 e. The van der Waals surface area contributed by atoms with E-state index in [2.05, 4.69) is 0 Å². The van der Waals surface area contributed by atoms with E-state index in [1.807, 2.05) is 0 Å². The Bertz CT molecular complexity index is 684. The minimum Gasteiger partial charge on any atom is -0.394 e. The molecular formula is C18H32O16. The molecule has 0 spiro atoms. The van der Waals surface area contributed by atoms with Crippen molar-refractivity contribution in [1.82, 2.24) is 0 Å². The maximum Gasteiger partial charge on any atom is 0.222 e. The lowest BCUT2D eigenvalue weighted by Crippen LogP contribution is -2.56. The Morgan fingerprint density at radius 1 is 0.588 bits per heavy atom. The summed E-state index contributed by atoms with van der Waals surface area (Å²) in [6.07, 6.45) is -15.0. The lowest BCUT2D eigenvalue weighted by molar-refractivity contribution is -0.345. The monoisotopic (exact) mass is 504 g/mol. The van der Waals surface area contributed by atoms with Gasteiger partial charge in [0, 0.05) is 0 Å². The normalized spacial score (nSPS) is 51.4. The second-order valence-corrected chi connectivity index (χ2v) is 8.52. The van der Waals surface area contributed by atoms with Crippen LogP contribution >= 0.6 is 0 Å². The van der Waals surface area contributed by atoms with E-state index in [4.69, 9.17) is 23.7 Å². The summed E-state index contributed by atoms with van der Waals surface area (Å²) in [5, 5.41) is 109. The Balaban J connectivity index is 1.80. The molecule has 0 radical (unpaired) electrons. The molecule has 0 aliphatic carbocycles. The van der Waals surface area contributed by atoms with Crippen molar-refractivity contribution in [1.29, 1.82) is 0 Å². The first-order chi connectivity index (χ1) is 15.9. The van der Waals surface area contributed by atoms with Crippen LogP contribution in [0.3, 0.4) is 0 Å². The number of ether oxygens (including phenoxy) is 5. The van der Waals surface area contributed by atoms with Gasteiger partial charge in [0.15, 0.2) is 0 Å². The van der Waals surface area contributed by atoms with Crippen molar-refractivity contribution >= 4 is 0 Å². The van der Waals surface area contributed by atoms with Crippen molar-refractivity contribution in [2.45, 2.75) is 72.3 Å². The smallest absolute Gasteiger partial charge is 0.222 e. The number of hydrogen-bond acceptors (Lipinski definition) is 16. The quantitative estimate of drug-likeness (QED) is 0.132. The fraction of sp³-hybridized carbons (Fsp3) is 1.00. The summed E-state index contributed by atoms with van der Waals surface area (Å²) < 4.78 is 26.7. The molecule has 34 heavy (non-hydrogen) atoms. The van der Waals surface area contributed by atoms with Crippen molar-refractivity contribution in [2.75, 3.05) is 39.6 Å². The van der Waals surface area contributed by atoms with Crippen LogP contribution in [0, 0.1) is 0 Å². The first-order valence-electron chi connectivity index (χ1n) is 10.5. The Hall–Kier alpha value is -0.640. The summed E-state index contributed by atoms with van der Waals surface area (Å²) in [6.45, 7) is -5.22. The van der Waals surface area contributed by atoms with Gasteiger partial charge in [-0.2, -0.15) is 0 Å². The van der Waals surface area contributed by atoms with E-state index in [1.54, 1.807) is 0 Å². The second kappa shape index (κ2) is 10.4. The number of hydrogen-bond donors (Lipinski definition) is 11. The van der Waals surface area contributed by atoms with Gasteiger partial charge in [-0.3, -0.25) is 0 Å². The summed E-state index contributed by atoms with van der Waals surface area (Å²) in [4.78, 5) is 0. The minimum atomic E-state index is -2.50. The molecule has 16 heteroatoms. The first kappa shape index (κ1) is 27.9. The minimum absolute atomic E-state index is 0.719. The molecule has 0 aromatic rings. The van der Waals surface area contributed by atoms with E-state index in [9.17, 15) is 56.2 Å². The highest BCUT2D eigenvalue weighted by atomic mass is 16.8. The average molecular weight is 504 g/mol. The molecule has 12 atom stereocenters. The van der Waals surface area contributed by atoms with Gasteiger partial charge < -0.3 is 79.9 Å². The zero-order chi connectivity index (χ0) is 25.5. The summed E-state index contributed by atoms with van der Waals surface area (Å²) in [6, 6.07) is 0. The van der Waals surface area contributed by atoms with Crippen LogP contribution in [0.2, 0.25) is 0 Å². The van der Waals surface area contributed by atoms with Crippen LogP contribution in [0.5, 0.6) is 0 Å². The second-order valence-electron chi connectivity index (χ2n) is 8.52. The number of aliphatic hydroxyl groups is 11. The summed E-state index contributed by atoms with van der Waals surface area (Å²) in [5.74, 6) is -7.14.